The third-order valence-electron chi connectivity index (χ3n) is 5.10. The highest BCUT2D eigenvalue weighted by atomic mass is 16.2. The molecule has 24 heavy (non-hydrogen) atoms. The van der Waals surface area contributed by atoms with Crippen molar-refractivity contribution in [2.45, 2.75) is 38.8 Å². The van der Waals surface area contributed by atoms with Crippen LogP contribution in [0.1, 0.15) is 31.7 Å². The Hall–Kier alpha value is -1.88. The van der Waals surface area contributed by atoms with E-state index >= 15 is 0 Å². The van der Waals surface area contributed by atoms with Gasteiger partial charge in [-0.05, 0) is 31.4 Å². The monoisotopic (exact) mass is 329 g/mol. The first-order chi connectivity index (χ1) is 11.7. The van der Waals surface area contributed by atoms with Gasteiger partial charge in [0, 0.05) is 26.2 Å². The average Bonchev–Trinajstić information content (AvgIpc) is 2.62. The molecule has 2 aliphatic heterocycles. The number of rotatable bonds is 4. The molecule has 2 amide bonds. The first-order valence-electron chi connectivity index (χ1n) is 9.03. The topological polar surface area (TPSA) is 52.7 Å². The number of benzene rings is 1. The van der Waals surface area contributed by atoms with Crippen molar-refractivity contribution in [2.24, 2.45) is 5.92 Å². The van der Waals surface area contributed by atoms with Crippen molar-refractivity contribution in [3.63, 3.8) is 0 Å². The van der Waals surface area contributed by atoms with E-state index in [1.165, 1.54) is 5.56 Å². The van der Waals surface area contributed by atoms with E-state index in [4.69, 9.17) is 0 Å². The molecule has 1 N–H and O–H groups in total. The van der Waals surface area contributed by atoms with Crippen molar-refractivity contribution in [1.29, 1.82) is 0 Å². The molecule has 0 bridgehead atoms. The van der Waals surface area contributed by atoms with E-state index in [2.05, 4.69) is 34.5 Å². The molecular weight excluding hydrogens is 302 g/mol. The van der Waals surface area contributed by atoms with Crippen LogP contribution < -0.4 is 5.32 Å². The van der Waals surface area contributed by atoms with Gasteiger partial charge in [-0.3, -0.25) is 14.5 Å². The number of carbonyl (C=O) groups excluding carboxylic acids is 2. The molecule has 2 unspecified atom stereocenters. The molecule has 5 nitrogen and oxygen atoms in total. The minimum absolute atomic E-state index is 0.00551. The molecule has 0 aromatic heterocycles. The van der Waals surface area contributed by atoms with Crippen LogP contribution in [0, 0.1) is 5.92 Å². The first kappa shape index (κ1) is 17.0. The SMILES string of the molecule is CCC1C(=O)NCCN1C(=O)C1CCCN(Cc2ccccc2)C1. The molecule has 3 rings (SSSR count). The third kappa shape index (κ3) is 3.78. The van der Waals surface area contributed by atoms with Crippen LogP contribution in [0.25, 0.3) is 0 Å². The molecule has 2 saturated heterocycles. The van der Waals surface area contributed by atoms with Gasteiger partial charge in [-0.1, -0.05) is 37.3 Å². The summed E-state index contributed by atoms with van der Waals surface area (Å²) >= 11 is 0. The quantitative estimate of drug-likeness (QED) is 0.913. The minimum atomic E-state index is -0.296. The largest absolute Gasteiger partial charge is 0.353 e. The van der Waals surface area contributed by atoms with Crippen molar-refractivity contribution >= 4 is 11.8 Å². The normalized spacial score (nSPS) is 25.4. The van der Waals surface area contributed by atoms with Crippen LogP contribution in [0.15, 0.2) is 30.3 Å². The van der Waals surface area contributed by atoms with Crippen LogP contribution in [0.5, 0.6) is 0 Å². The molecule has 0 radical (unpaired) electrons. The van der Waals surface area contributed by atoms with Crippen molar-refractivity contribution < 1.29 is 9.59 Å². The van der Waals surface area contributed by atoms with Crippen molar-refractivity contribution in [2.75, 3.05) is 26.2 Å². The Kier molecular flexibility index (Phi) is 5.51. The lowest BCUT2D eigenvalue weighted by Crippen LogP contribution is -2.59. The van der Waals surface area contributed by atoms with E-state index in [1.54, 1.807) is 0 Å². The van der Waals surface area contributed by atoms with Crippen molar-refractivity contribution in [1.82, 2.24) is 15.1 Å². The second-order valence-electron chi connectivity index (χ2n) is 6.81. The lowest BCUT2D eigenvalue weighted by Gasteiger charge is -2.39. The van der Waals surface area contributed by atoms with Crippen LogP contribution in [0.2, 0.25) is 0 Å². The number of amides is 2. The second-order valence-corrected chi connectivity index (χ2v) is 6.81. The standard InChI is InChI=1S/C19H27N3O2/c1-2-17-18(23)20-10-12-22(17)19(24)16-9-6-11-21(14-16)13-15-7-4-3-5-8-15/h3-5,7-8,16-17H,2,6,9-14H2,1H3,(H,20,23). The highest BCUT2D eigenvalue weighted by molar-refractivity contribution is 5.89. The van der Waals surface area contributed by atoms with E-state index in [9.17, 15) is 9.59 Å². The average molecular weight is 329 g/mol. The van der Waals surface area contributed by atoms with Gasteiger partial charge < -0.3 is 10.2 Å². The van der Waals surface area contributed by atoms with Gasteiger partial charge >= 0.3 is 0 Å². The number of piperazine rings is 1. The summed E-state index contributed by atoms with van der Waals surface area (Å²) in [7, 11) is 0. The molecule has 2 fully saturated rings. The summed E-state index contributed by atoms with van der Waals surface area (Å²) in [4.78, 5) is 29.2. The number of likely N-dealkylation sites (tertiary alicyclic amines) is 1. The second kappa shape index (κ2) is 7.79. The fourth-order valence-electron chi connectivity index (χ4n) is 3.86. The van der Waals surface area contributed by atoms with Crippen molar-refractivity contribution in [3.8, 4) is 0 Å². The summed E-state index contributed by atoms with van der Waals surface area (Å²) in [6.07, 6.45) is 2.65. The number of hydrogen-bond acceptors (Lipinski definition) is 3. The molecule has 0 spiro atoms. The number of carbonyl (C=O) groups is 2. The van der Waals surface area contributed by atoms with E-state index in [-0.39, 0.29) is 23.8 Å². The Bertz CT molecular complexity index is 575. The summed E-state index contributed by atoms with van der Waals surface area (Å²) in [6.45, 7) is 5.90. The van der Waals surface area contributed by atoms with E-state index in [1.807, 2.05) is 17.9 Å². The van der Waals surface area contributed by atoms with Gasteiger partial charge in [0.05, 0.1) is 5.92 Å². The number of piperidine rings is 1. The van der Waals surface area contributed by atoms with Crippen LogP contribution in [-0.2, 0) is 16.1 Å². The predicted octanol–water partition coefficient (Wildman–Crippen LogP) is 1.64. The highest BCUT2D eigenvalue weighted by Crippen LogP contribution is 2.23. The Morgan fingerprint density at radius 1 is 1.25 bits per heavy atom. The van der Waals surface area contributed by atoms with Crippen LogP contribution in [0.3, 0.4) is 0 Å². The van der Waals surface area contributed by atoms with Gasteiger partial charge in [0.2, 0.25) is 11.8 Å². The maximum absolute atomic E-state index is 13.0. The Labute approximate surface area is 144 Å². The lowest BCUT2D eigenvalue weighted by atomic mass is 9.94. The summed E-state index contributed by atoms with van der Waals surface area (Å²) in [5.41, 5.74) is 1.29. The molecule has 0 aliphatic carbocycles. The Morgan fingerprint density at radius 3 is 2.79 bits per heavy atom. The minimum Gasteiger partial charge on any atom is -0.353 e. The molecule has 1 aromatic carbocycles. The van der Waals surface area contributed by atoms with Crippen LogP contribution >= 0.6 is 0 Å². The summed E-state index contributed by atoms with van der Waals surface area (Å²) in [5, 5.41) is 2.87. The Morgan fingerprint density at radius 2 is 2.04 bits per heavy atom. The smallest absolute Gasteiger partial charge is 0.242 e. The molecule has 5 heteroatoms. The lowest BCUT2D eigenvalue weighted by molar-refractivity contribution is -0.147. The number of nitrogens with one attached hydrogen (secondary N) is 1. The molecule has 0 saturated carbocycles. The molecule has 1 aromatic rings. The van der Waals surface area contributed by atoms with Gasteiger partial charge in [0.15, 0.2) is 0 Å². The third-order valence-corrected chi connectivity index (χ3v) is 5.10. The predicted molar refractivity (Wildman–Crippen MR) is 93.2 cm³/mol. The van der Waals surface area contributed by atoms with Gasteiger partial charge in [-0.25, -0.2) is 0 Å². The Balaban J connectivity index is 1.63. The van der Waals surface area contributed by atoms with E-state index in [0.717, 1.165) is 32.5 Å². The van der Waals surface area contributed by atoms with Gasteiger partial charge in [-0.15, -0.1) is 0 Å². The van der Waals surface area contributed by atoms with Gasteiger partial charge in [-0.2, -0.15) is 0 Å². The molecule has 2 heterocycles. The molecule has 130 valence electrons. The van der Waals surface area contributed by atoms with E-state index in [0.29, 0.717) is 19.5 Å². The van der Waals surface area contributed by atoms with Crippen LogP contribution in [-0.4, -0.2) is 53.8 Å². The first-order valence-corrected chi connectivity index (χ1v) is 9.03. The zero-order valence-electron chi connectivity index (χ0n) is 14.4. The molecule has 2 atom stereocenters. The van der Waals surface area contributed by atoms with Gasteiger partial charge in [0.1, 0.15) is 6.04 Å². The zero-order chi connectivity index (χ0) is 16.9. The summed E-state index contributed by atoms with van der Waals surface area (Å²) in [5.74, 6) is 0.172. The number of hydrogen-bond donors (Lipinski definition) is 1. The molecular formula is C19H27N3O2. The van der Waals surface area contributed by atoms with E-state index < -0.39 is 0 Å². The van der Waals surface area contributed by atoms with Crippen molar-refractivity contribution in [3.05, 3.63) is 35.9 Å². The maximum Gasteiger partial charge on any atom is 0.242 e. The fraction of sp³-hybridized carbons (Fsp3) is 0.579. The van der Waals surface area contributed by atoms with Gasteiger partial charge in [0.25, 0.3) is 0 Å². The maximum atomic E-state index is 13.0. The van der Waals surface area contributed by atoms with Crippen LogP contribution in [0.4, 0.5) is 0 Å². The summed E-state index contributed by atoms with van der Waals surface area (Å²) in [6, 6.07) is 10.1. The zero-order valence-corrected chi connectivity index (χ0v) is 14.4. The number of nitrogens with zero attached hydrogens (tertiary/aromatic N) is 2. The molecule has 2 aliphatic rings. The highest BCUT2D eigenvalue weighted by Gasteiger charge is 2.36. The summed E-state index contributed by atoms with van der Waals surface area (Å²) < 4.78 is 0. The fourth-order valence-corrected chi connectivity index (χ4v) is 3.86.